The van der Waals surface area contributed by atoms with E-state index in [9.17, 15) is 4.79 Å². The molecule has 0 atom stereocenters. The molecule has 0 fully saturated rings. The van der Waals surface area contributed by atoms with Crippen LogP contribution in [0.1, 0.15) is 21.6 Å². The molecule has 3 aromatic rings. The van der Waals surface area contributed by atoms with E-state index in [2.05, 4.69) is 22.8 Å². The van der Waals surface area contributed by atoms with Crippen LogP contribution in [0.15, 0.2) is 54.6 Å². The third kappa shape index (κ3) is 1.56. The van der Waals surface area contributed by atoms with Crippen LogP contribution < -0.4 is 0 Å². The van der Waals surface area contributed by atoms with Gasteiger partial charge in [-0.15, -0.1) is 0 Å². The summed E-state index contributed by atoms with van der Waals surface area (Å²) < 4.78 is 7.38. The molecule has 3 heteroatoms. The van der Waals surface area contributed by atoms with Gasteiger partial charge in [0.2, 0.25) is 0 Å². The van der Waals surface area contributed by atoms with Crippen molar-refractivity contribution in [3.63, 3.8) is 0 Å². The van der Waals surface area contributed by atoms with Crippen LogP contribution in [0.5, 0.6) is 0 Å². The largest absolute Gasteiger partial charge is 0.456 e. The van der Waals surface area contributed by atoms with E-state index in [1.165, 1.54) is 5.56 Å². The van der Waals surface area contributed by atoms with Crippen molar-refractivity contribution in [1.82, 2.24) is 4.57 Å². The highest BCUT2D eigenvalue weighted by molar-refractivity contribution is 6.07. The van der Waals surface area contributed by atoms with Gasteiger partial charge in [0.05, 0.1) is 11.3 Å². The van der Waals surface area contributed by atoms with E-state index in [0.717, 1.165) is 28.7 Å². The zero-order valence-electron chi connectivity index (χ0n) is 10.9. The van der Waals surface area contributed by atoms with Crippen molar-refractivity contribution in [3.05, 3.63) is 71.4 Å². The predicted molar refractivity (Wildman–Crippen MR) is 76.6 cm³/mol. The minimum absolute atomic E-state index is 0.206. The van der Waals surface area contributed by atoms with Crippen LogP contribution in [0, 0.1) is 0 Å². The lowest BCUT2D eigenvalue weighted by atomic mass is 10.1. The van der Waals surface area contributed by atoms with Crippen molar-refractivity contribution < 1.29 is 9.53 Å². The van der Waals surface area contributed by atoms with Gasteiger partial charge in [-0.05, 0) is 11.6 Å². The van der Waals surface area contributed by atoms with Gasteiger partial charge < -0.3 is 9.30 Å². The topological polar surface area (TPSA) is 31.2 Å². The quantitative estimate of drug-likeness (QED) is 0.664. The van der Waals surface area contributed by atoms with Crippen LogP contribution in [0.4, 0.5) is 0 Å². The zero-order valence-corrected chi connectivity index (χ0v) is 10.9. The number of carbonyl (C=O) groups excluding carboxylic acids is 1. The summed E-state index contributed by atoms with van der Waals surface area (Å²) in [6.45, 7) is 1.13. The molecule has 2 aromatic carbocycles. The number of rotatable bonds is 2. The first kappa shape index (κ1) is 11.3. The molecule has 0 saturated heterocycles. The van der Waals surface area contributed by atoms with E-state index in [1.807, 2.05) is 36.4 Å². The van der Waals surface area contributed by atoms with Crippen LogP contribution in [0.2, 0.25) is 0 Å². The Bertz CT molecular complexity index is 802. The van der Waals surface area contributed by atoms with Gasteiger partial charge in [-0.1, -0.05) is 48.5 Å². The van der Waals surface area contributed by atoms with E-state index in [0.29, 0.717) is 6.61 Å². The molecule has 98 valence electrons. The molecule has 4 rings (SSSR count). The Morgan fingerprint density at radius 1 is 1.00 bits per heavy atom. The number of benzene rings is 2. The molecule has 0 aliphatic carbocycles. The molecule has 0 saturated carbocycles. The van der Waals surface area contributed by atoms with E-state index in [-0.39, 0.29) is 5.97 Å². The van der Waals surface area contributed by atoms with Crippen LogP contribution in [-0.2, 0) is 17.9 Å². The Kier molecular flexibility index (Phi) is 2.39. The van der Waals surface area contributed by atoms with E-state index >= 15 is 0 Å². The van der Waals surface area contributed by atoms with Crippen molar-refractivity contribution >= 4 is 16.9 Å². The lowest BCUT2D eigenvalue weighted by molar-refractivity contribution is 0.0532. The summed E-state index contributed by atoms with van der Waals surface area (Å²) in [7, 11) is 0. The summed E-state index contributed by atoms with van der Waals surface area (Å²) in [4.78, 5) is 11.9. The van der Waals surface area contributed by atoms with Gasteiger partial charge in [0.25, 0.3) is 0 Å². The van der Waals surface area contributed by atoms with Crippen LogP contribution in [0.25, 0.3) is 10.9 Å². The fourth-order valence-corrected chi connectivity index (χ4v) is 2.89. The first-order chi connectivity index (χ1) is 9.84. The molecule has 1 aliphatic rings. The first-order valence-electron chi connectivity index (χ1n) is 6.66. The highest BCUT2D eigenvalue weighted by Gasteiger charge is 2.29. The average Bonchev–Trinajstić information content (AvgIpc) is 3.01. The number of aromatic nitrogens is 1. The number of carbonyl (C=O) groups is 1. The lowest BCUT2D eigenvalue weighted by Gasteiger charge is -2.09. The molecular formula is C17H13NO2. The average molecular weight is 263 g/mol. The number of hydrogen-bond acceptors (Lipinski definition) is 2. The van der Waals surface area contributed by atoms with Gasteiger partial charge in [0.1, 0.15) is 6.61 Å². The number of esters is 1. The number of cyclic esters (lactones) is 1. The van der Waals surface area contributed by atoms with Gasteiger partial charge in [0.15, 0.2) is 0 Å². The minimum atomic E-state index is -0.206. The summed E-state index contributed by atoms with van der Waals surface area (Å²) in [6, 6.07) is 18.3. The summed E-state index contributed by atoms with van der Waals surface area (Å²) in [5, 5.41) is 0.987. The Labute approximate surface area is 116 Å². The maximum atomic E-state index is 11.9. The normalized spacial score (nSPS) is 13.5. The zero-order chi connectivity index (χ0) is 13.5. The summed E-state index contributed by atoms with van der Waals surface area (Å²) in [5.74, 6) is -0.206. The Morgan fingerprint density at radius 3 is 2.60 bits per heavy atom. The highest BCUT2D eigenvalue weighted by atomic mass is 16.5. The van der Waals surface area contributed by atoms with Gasteiger partial charge in [-0.2, -0.15) is 0 Å². The number of fused-ring (bicyclic) bond motifs is 3. The molecule has 0 spiro atoms. The maximum absolute atomic E-state index is 11.9. The van der Waals surface area contributed by atoms with E-state index in [4.69, 9.17) is 4.74 Å². The summed E-state index contributed by atoms with van der Waals surface area (Å²) >= 11 is 0. The maximum Gasteiger partial charge on any atom is 0.341 e. The van der Waals surface area contributed by atoms with Crippen LogP contribution >= 0.6 is 0 Å². The molecule has 3 nitrogen and oxygen atoms in total. The molecule has 20 heavy (non-hydrogen) atoms. The number of nitrogens with zero attached hydrogens (tertiary/aromatic N) is 1. The van der Waals surface area contributed by atoms with Crippen molar-refractivity contribution in [3.8, 4) is 0 Å². The predicted octanol–water partition coefficient (Wildman–Crippen LogP) is 3.36. The second-order valence-electron chi connectivity index (χ2n) is 4.99. The van der Waals surface area contributed by atoms with Crippen molar-refractivity contribution in [2.75, 3.05) is 0 Å². The molecule has 0 amide bonds. The third-order valence-electron chi connectivity index (χ3n) is 3.81. The Morgan fingerprint density at radius 2 is 1.75 bits per heavy atom. The van der Waals surface area contributed by atoms with E-state index < -0.39 is 0 Å². The molecule has 2 heterocycles. The molecule has 1 aliphatic heterocycles. The van der Waals surface area contributed by atoms with Crippen LogP contribution in [-0.4, -0.2) is 10.5 Å². The minimum Gasteiger partial charge on any atom is -0.456 e. The van der Waals surface area contributed by atoms with Gasteiger partial charge in [0, 0.05) is 17.4 Å². The summed E-state index contributed by atoms with van der Waals surface area (Å²) in [6.07, 6.45) is 0. The second-order valence-corrected chi connectivity index (χ2v) is 4.99. The SMILES string of the molecule is O=C1OCc2c1c1ccccc1n2Cc1ccccc1. The lowest BCUT2D eigenvalue weighted by Crippen LogP contribution is -2.03. The third-order valence-corrected chi connectivity index (χ3v) is 3.81. The fourth-order valence-electron chi connectivity index (χ4n) is 2.89. The molecule has 0 N–H and O–H groups in total. The second kappa shape index (κ2) is 4.23. The van der Waals surface area contributed by atoms with Crippen molar-refractivity contribution in [2.45, 2.75) is 13.2 Å². The molecule has 0 bridgehead atoms. The molecule has 1 aromatic heterocycles. The van der Waals surface area contributed by atoms with Gasteiger partial charge in [-0.3, -0.25) is 0 Å². The standard InChI is InChI=1S/C17H13NO2/c19-17-16-13-8-4-5-9-14(13)18(15(16)11-20-17)10-12-6-2-1-3-7-12/h1-9H,10-11H2. The number of hydrogen-bond donors (Lipinski definition) is 0. The van der Waals surface area contributed by atoms with Crippen molar-refractivity contribution in [1.29, 1.82) is 0 Å². The Hall–Kier alpha value is -2.55. The van der Waals surface area contributed by atoms with Gasteiger partial charge in [-0.25, -0.2) is 4.79 Å². The smallest absolute Gasteiger partial charge is 0.341 e. The van der Waals surface area contributed by atoms with Crippen molar-refractivity contribution in [2.24, 2.45) is 0 Å². The van der Waals surface area contributed by atoms with Gasteiger partial charge >= 0.3 is 5.97 Å². The first-order valence-corrected chi connectivity index (χ1v) is 6.66. The monoisotopic (exact) mass is 263 g/mol. The molecular weight excluding hydrogens is 250 g/mol. The number of ether oxygens (including phenoxy) is 1. The molecule has 0 radical (unpaired) electrons. The van der Waals surface area contributed by atoms with E-state index in [1.54, 1.807) is 0 Å². The number of para-hydroxylation sites is 1. The Balaban J connectivity index is 1.93. The fraction of sp³-hybridized carbons (Fsp3) is 0.118. The highest BCUT2D eigenvalue weighted by Crippen LogP contribution is 2.32. The summed E-state index contributed by atoms with van der Waals surface area (Å²) in [5.41, 5.74) is 4.03. The van der Waals surface area contributed by atoms with Crippen LogP contribution in [0.3, 0.4) is 0 Å². The molecule has 0 unspecified atom stereocenters.